The van der Waals surface area contributed by atoms with Crippen LogP contribution in [0.15, 0.2) is 36.5 Å². The zero-order valence-electron chi connectivity index (χ0n) is 13.9. The minimum atomic E-state index is 0.162. The Morgan fingerprint density at radius 3 is 2.33 bits per heavy atom. The molecule has 2 aromatic rings. The lowest BCUT2D eigenvalue weighted by Gasteiger charge is -2.44. The van der Waals surface area contributed by atoms with Gasteiger partial charge in [0.25, 0.3) is 5.91 Å². The average Bonchev–Trinajstić information content (AvgIpc) is 3.17. The van der Waals surface area contributed by atoms with Gasteiger partial charge in [0.1, 0.15) is 0 Å². The van der Waals surface area contributed by atoms with Crippen molar-refractivity contribution >= 4 is 5.91 Å². The number of carbonyl (C=O) groups is 1. The van der Waals surface area contributed by atoms with Crippen molar-refractivity contribution in [2.75, 3.05) is 26.2 Å². The quantitative estimate of drug-likeness (QED) is 0.893. The number of nitrogens with one attached hydrogen (secondary N) is 2. The lowest BCUT2D eigenvalue weighted by Crippen LogP contribution is -2.47. The molecule has 0 unspecified atom stereocenters. The Hall–Kier alpha value is -2.14. The molecule has 1 aromatic carbocycles. The monoisotopic (exact) mass is 324 g/mol. The minimum absolute atomic E-state index is 0.162. The summed E-state index contributed by atoms with van der Waals surface area (Å²) in [6.45, 7) is 4.04. The number of likely N-dealkylation sites (tertiary alicyclic amines) is 1. The van der Waals surface area contributed by atoms with E-state index in [9.17, 15) is 4.79 Å². The topological polar surface area (TPSA) is 61.0 Å². The van der Waals surface area contributed by atoms with Crippen molar-refractivity contribution in [3.05, 3.63) is 42.1 Å². The molecule has 2 N–H and O–H groups in total. The predicted octanol–water partition coefficient (Wildman–Crippen LogP) is 2.68. The van der Waals surface area contributed by atoms with E-state index in [0.717, 1.165) is 55.8 Å². The summed E-state index contributed by atoms with van der Waals surface area (Å²) < 4.78 is 0. The van der Waals surface area contributed by atoms with E-state index in [1.165, 1.54) is 12.8 Å². The van der Waals surface area contributed by atoms with Gasteiger partial charge in [0, 0.05) is 24.8 Å². The molecule has 0 aliphatic carbocycles. The first-order valence-electron chi connectivity index (χ1n) is 8.86. The molecule has 1 spiro atoms. The van der Waals surface area contributed by atoms with Crippen LogP contribution in [0.1, 0.15) is 36.0 Å². The van der Waals surface area contributed by atoms with Crippen LogP contribution in [0.2, 0.25) is 0 Å². The SMILES string of the molecule is O=C(c1ccc(-c2ccn[nH]2)cc1)N1CCC2(CCNCC2)CC1. The standard InChI is InChI=1S/C19H24N4O/c24-18(16-3-1-15(2-4-16)17-5-10-21-22-17)23-13-8-19(9-14-23)6-11-20-12-7-19/h1-5,10,20H,6-9,11-14H2,(H,21,22). The molecule has 1 amide bonds. The zero-order chi connectivity index (χ0) is 16.4. The van der Waals surface area contributed by atoms with Crippen molar-refractivity contribution in [3.63, 3.8) is 0 Å². The molecule has 2 saturated heterocycles. The number of nitrogens with zero attached hydrogens (tertiary/aromatic N) is 2. The highest BCUT2D eigenvalue weighted by atomic mass is 16.2. The van der Waals surface area contributed by atoms with Gasteiger partial charge in [-0.3, -0.25) is 9.89 Å². The maximum absolute atomic E-state index is 12.8. The van der Waals surface area contributed by atoms with Crippen molar-refractivity contribution in [3.8, 4) is 11.3 Å². The Balaban J connectivity index is 1.41. The van der Waals surface area contributed by atoms with Crippen LogP contribution in [0, 0.1) is 5.41 Å². The second-order valence-electron chi connectivity index (χ2n) is 7.09. The number of piperidine rings is 2. The van der Waals surface area contributed by atoms with Crippen LogP contribution < -0.4 is 5.32 Å². The third-order valence-electron chi connectivity index (χ3n) is 5.72. The third-order valence-corrected chi connectivity index (χ3v) is 5.72. The molecular formula is C19H24N4O. The largest absolute Gasteiger partial charge is 0.339 e. The fourth-order valence-corrected chi connectivity index (χ4v) is 4.03. The number of H-pyrrole nitrogens is 1. The number of carbonyl (C=O) groups excluding carboxylic acids is 1. The van der Waals surface area contributed by atoms with Crippen LogP contribution in [-0.4, -0.2) is 47.2 Å². The molecule has 3 heterocycles. The predicted molar refractivity (Wildman–Crippen MR) is 93.7 cm³/mol. The van der Waals surface area contributed by atoms with Crippen molar-refractivity contribution in [2.24, 2.45) is 5.41 Å². The number of benzene rings is 1. The highest BCUT2D eigenvalue weighted by Crippen LogP contribution is 2.39. The summed E-state index contributed by atoms with van der Waals surface area (Å²) in [6, 6.07) is 9.75. The van der Waals surface area contributed by atoms with Crippen LogP contribution in [0.25, 0.3) is 11.3 Å². The molecule has 2 aliphatic heterocycles. The molecule has 1 aromatic heterocycles. The van der Waals surface area contributed by atoms with Crippen molar-refractivity contribution in [1.82, 2.24) is 20.4 Å². The Labute approximate surface area is 142 Å². The summed E-state index contributed by atoms with van der Waals surface area (Å²) in [4.78, 5) is 14.8. The first-order valence-corrected chi connectivity index (χ1v) is 8.86. The molecular weight excluding hydrogens is 300 g/mol. The first-order chi connectivity index (χ1) is 11.8. The van der Waals surface area contributed by atoms with Gasteiger partial charge in [0.2, 0.25) is 0 Å². The van der Waals surface area contributed by atoms with Crippen molar-refractivity contribution in [1.29, 1.82) is 0 Å². The molecule has 2 fully saturated rings. The molecule has 0 radical (unpaired) electrons. The van der Waals surface area contributed by atoms with E-state index in [4.69, 9.17) is 0 Å². The number of hydrogen-bond donors (Lipinski definition) is 2. The van der Waals surface area contributed by atoms with Gasteiger partial charge in [0.15, 0.2) is 0 Å². The summed E-state index contributed by atoms with van der Waals surface area (Å²) in [5, 5.41) is 10.4. The Morgan fingerprint density at radius 1 is 1.00 bits per heavy atom. The van der Waals surface area contributed by atoms with Crippen LogP contribution >= 0.6 is 0 Å². The molecule has 2 aliphatic rings. The highest BCUT2D eigenvalue weighted by molar-refractivity contribution is 5.94. The zero-order valence-corrected chi connectivity index (χ0v) is 13.9. The third kappa shape index (κ3) is 2.96. The normalized spacial score (nSPS) is 20.2. The molecule has 0 saturated carbocycles. The maximum atomic E-state index is 12.8. The van der Waals surface area contributed by atoms with Crippen LogP contribution in [0.4, 0.5) is 0 Å². The van der Waals surface area contributed by atoms with Gasteiger partial charge in [-0.05, 0) is 68.0 Å². The highest BCUT2D eigenvalue weighted by Gasteiger charge is 2.36. The molecule has 0 atom stereocenters. The summed E-state index contributed by atoms with van der Waals surface area (Å²) in [7, 11) is 0. The Kier molecular flexibility index (Phi) is 4.10. The van der Waals surface area contributed by atoms with E-state index in [0.29, 0.717) is 5.41 Å². The van der Waals surface area contributed by atoms with Gasteiger partial charge in [-0.2, -0.15) is 5.10 Å². The lowest BCUT2D eigenvalue weighted by molar-refractivity contribution is 0.0496. The molecule has 5 nitrogen and oxygen atoms in total. The summed E-state index contributed by atoms with van der Waals surface area (Å²) in [6.07, 6.45) is 6.54. The number of aromatic nitrogens is 2. The average molecular weight is 324 g/mol. The first kappa shape index (κ1) is 15.4. The Morgan fingerprint density at radius 2 is 1.71 bits per heavy atom. The van der Waals surface area contributed by atoms with E-state index in [-0.39, 0.29) is 5.91 Å². The van der Waals surface area contributed by atoms with Gasteiger partial charge in [-0.25, -0.2) is 0 Å². The fourth-order valence-electron chi connectivity index (χ4n) is 4.03. The maximum Gasteiger partial charge on any atom is 0.253 e. The van der Waals surface area contributed by atoms with Gasteiger partial charge in [-0.15, -0.1) is 0 Å². The molecule has 5 heteroatoms. The van der Waals surface area contributed by atoms with Crippen LogP contribution in [0.5, 0.6) is 0 Å². The molecule has 24 heavy (non-hydrogen) atoms. The number of amides is 1. The smallest absolute Gasteiger partial charge is 0.253 e. The van der Waals surface area contributed by atoms with Gasteiger partial charge in [0.05, 0.1) is 5.69 Å². The van der Waals surface area contributed by atoms with E-state index in [1.54, 1.807) is 6.20 Å². The summed E-state index contributed by atoms with van der Waals surface area (Å²) in [5.74, 6) is 0.162. The van der Waals surface area contributed by atoms with Crippen LogP contribution in [0.3, 0.4) is 0 Å². The van der Waals surface area contributed by atoms with E-state index in [1.807, 2.05) is 35.2 Å². The van der Waals surface area contributed by atoms with Crippen molar-refractivity contribution < 1.29 is 4.79 Å². The fraction of sp³-hybridized carbons (Fsp3) is 0.474. The minimum Gasteiger partial charge on any atom is -0.339 e. The molecule has 0 bridgehead atoms. The van der Waals surface area contributed by atoms with Crippen molar-refractivity contribution in [2.45, 2.75) is 25.7 Å². The van der Waals surface area contributed by atoms with Gasteiger partial charge >= 0.3 is 0 Å². The number of aromatic amines is 1. The second-order valence-corrected chi connectivity index (χ2v) is 7.09. The van der Waals surface area contributed by atoms with Gasteiger partial charge < -0.3 is 10.2 Å². The van der Waals surface area contributed by atoms with Gasteiger partial charge in [-0.1, -0.05) is 12.1 Å². The number of hydrogen-bond acceptors (Lipinski definition) is 3. The Bertz CT molecular complexity index is 677. The second kappa shape index (κ2) is 6.40. The lowest BCUT2D eigenvalue weighted by atomic mass is 9.71. The molecule has 126 valence electrons. The van der Waals surface area contributed by atoms with E-state index >= 15 is 0 Å². The van der Waals surface area contributed by atoms with Crippen LogP contribution in [-0.2, 0) is 0 Å². The summed E-state index contributed by atoms with van der Waals surface area (Å²) in [5.41, 5.74) is 3.28. The summed E-state index contributed by atoms with van der Waals surface area (Å²) >= 11 is 0. The van der Waals surface area contributed by atoms with E-state index < -0.39 is 0 Å². The molecule has 4 rings (SSSR count). The number of rotatable bonds is 2. The van der Waals surface area contributed by atoms with E-state index in [2.05, 4.69) is 15.5 Å².